The minimum Gasteiger partial charge on any atom is -0.487 e. The van der Waals surface area contributed by atoms with Gasteiger partial charge in [0.2, 0.25) is 0 Å². The molecular weight excluding hydrogens is 490 g/mol. The van der Waals surface area contributed by atoms with E-state index in [2.05, 4.69) is 45.0 Å². The largest absolute Gasteiger partial charge is 0.487 e. The maximum absolute atomic E-state index is 13.6. The van der Waals surface area contributed by atoms with Crippen molar-refractivity contribution < 1.29 is 24.2 Å². The number of fused-ring (bicyclic) bond motifs is 2. The van der Waals surface area contributed by atoms with Crippen molar-refractivity contribution in [3.63, 3.8) is 0 Å². The maximum Gasteiger partial charge on any atom is 0.323 e. The molecule has 0 bridgehead atoms. The second-order valence-electron chi connectivity index (χ2n) is 12.2. The van der Waals surface area contributed by atoms with Crippen LogP contribution in [0, 0.1) is 0 Å². The number of carbonyl (C=O) groups is 2. The highest BCUT2D eigenvalue weighted by Crippen LogP contribution is 2.38. The minimum atomic E-state index is -1.05. The second-order valence-corrected chi connectivity index (χ2v) is 12.2. The molecule has 3 aromatic rings. The Morgan fingerprint density at radius 2 is 1.51 bits per heavy atom. The summed E-state index contributed by atoms with van der Waals surface area (Å²) in [5.41, 5.74) is 5.23. The van der Waals surface area contributed by atoms with Gasteiger partial charge < -0.3 is 19.5 Å². The van der Waals surface area contributed by atoms with Crippen LogP contribution < -0.4 is 9.47 Å². The van der Waals surface area contributed by atoms with Crippen LogP contribution in [0.15, 0.2) is 60.7 Å². The van der Waals surface area contributed by atoms with E-state index in [0.717, 1.165) is 41.0 Å². The van der Waals surface area contributed by atoms with Crippen LogP contribution in [-0.2, 0) is 30.6 Å². The van der Waals surface area contributed by atoms with Crippen LogP contribution in [0.2, 0.25) is 0 Å². The summed E-state index contributed by atoms with van der Waals surface area (Å²) >= 11 is 0. The predicted octanol–water partition coefficient (Wildman–Crippen LogP) is 6.19. The average molecular weight is 528 g/mol. The van der Waals surface area contributed by atoms with Gasteiger partial charge in [0.25, 0.3) is 5.91 Å². The van der Waals surface area contributed by atoms with Crippen molar-refractivity contribution in [2.75, 3.05) is 6.54 Å². The van der Waals surface area contributed by atoms with Gasteiger partial charge in [-0.3, -0.25) is 9.59 Å². The zero-order valence-corrected chi connectivity index (χ0v) is 23.4. The van der Waals surface area contributed by atoms with E-state index in [9.17, 15) is 14.7 Å². The number of hydrogen-bond donors (Lipinski definition) is 1. The van der Waals surface area contributed by atoms with Gasteiger partial charge in [0.1, 0.15) is 29.2 Å². The number of carboxylic acids is 1. The summed E-state index contributed by atoms with van der Waals surface area (Å²) in [6, 6.07) is 19.9. The van der Waals surface area contributed by atoms with Crippen molar-refractivity contribution in [2.24, 2.45) is 0 Å². The van der Waals surface area contributed by atoms with E-state index in [1.807, 2.05) is 44.2 Å². The number of benzene rings is 3. The number of ether oxygens (including phenoxy) is 2. The maximum atomic E-state index is 13.6. The number of rotatable bonds is 8. The van der Waals surface area contributed by atoms with Gasteiger partial charge in [0.15, 0.2) is 0 Å². The Balaban J connectivity index is 1.31. The lowest BCUT2D eigenvalue weighted by Crippen LogP contribution is -2.35. The number of nitrogens with zero attached hydrogens (tertiary/aromatic N) is 1. The summed E-state index contributed by atoms with van der Waals surface area (Å²) in [6.07, 6.45) is 2.21. The molecule has 1 atom stereocenters. The Hall–Kier alpha value is -3.80. The molecule has 0 unspecified atom stereocenters. The highest BCUT2D eigenvalue weighted by Gasteiger charge is 2.36. The molecule has 1 N–H and O–H groups in total. The molecule has 0 radical (unpaired) electrons. The molecule has 2 heterocycles. The van der Waals surface area contributed by atoms with Crippen molar-refractivity contribution in [1.82, 2.24) is 4.90 Å². The van der Waals surface area contributed by atoms with Gasteiger partial charge in [-0.1, -0.05) is 50.2 Å². The fraction of sp³-hybridized carbons (Fsp3) is 0.394. The number of carboxylic acid groups (broad SMARTS) is 1. The topological polar surface area (TPSA) is 76.1 Å². The molecule has 204 valence electrons. The third-order valence-corrected chi connectivity index (χ3v) is 7.57. The lowest BCUT2D eigenvalue weighted by molar-refractivity contribution is -0.137. The van der Waals surface area contributed by atoms with Gasteiger partial charge in [-0.15, -0.1) is 0 Å². The summed E-state index contributed by atoms with van der Waals surface area (Å²) in [5.74, 6) is 0.753. The van der Waals surface area contributed by atoms with E-state index >= 15 is 0 Å². The van der Waals surface area contributed by atoms with Gasteiger partial charge >= 0.3 is 5.97 Å². The molecule has 39 heavy (non-hydrogen) atoms. The first-order valence-electron chi connectivity index (χ1n) is 13.6. The lowest BCUT2D eigenvalue weighted by atomic mass is 9.90. The predicted molar refractivity (Wildman–Crippen MR) is 151 cm³/mol. The molecule has 6 heteroatoms. The number of hydrogen-bond acceptors (Lipinski definition) is 4. The number of aliphatic carboxylic acids is 1. The van der Waals surface area contributed by atoms with Gasteiger partial charge in [0, 0.05) is 31.4 Å². The van der Waals surface area contributed by atoms with Crippen LogP contribution in [0.3, 0.4) is 0 Å². The SMILES string of the molecule is CC(C)c1ccc(C[C@@]2(C)Cc3cc(C(=O)N(CC(=O)O)Cc4ccc5c(c4)CC(C)(C)O5)ccc3O2)cc1. The van der Waals surface area contributed by atoms with Crippen LogP contribution in [0.4, 0.5) is 0 Å². The van der Waals surface area contributed by atoms with Crippen molar-refractivity contribution in [3.8, 4) is 11.5 Å². The van der Waals surface area contributed by atoms with E-state index < -0.39 is 11.6 Å². The summed E-state index contributed by atoms with van der Waals surface area (Å²) in [6.45, 7) is 10.4. The molecule has 0 saturated carbocycles. The van der Waals surface area contributed by atoms with Gasteiger partial charge in [-0.25, -0.2) is 0 Å². The summed E-state index contributed by atoms with van der Waals surface area (Å²) in [7, 11) is 0. The molecule has 0 spiro atoms. The van der Waals surface area contributed by atoms with Crippen LogP contribution in [0.1, 0.15) is 78.7 Å². The Morgan fingerprint density at radius 3 is 2.21 bits per heavy atom. The molecule has 2 aliphatic rings. The third-order valence-electron chi connectivity index (χ3n) is 7.57. The van der Waals surface area contributed by atoms with Crippen molar-refractivity contribution in [2.45, 2.75) is 77.5 Å². The van der Waals surface area contributed by atoms with Gasteiger partial charge in [0.05, 0.1) is 0 Å². The molecule has 1 amide bonds. The Morgan fingerprint density at radius 1 is 0.872 bits per heavy atom. The molecule has 0 aliphatic carbocycles. The van der Waals surface area contributed by atoms with Crippen LogP contribution in [0.25, 0.3) is 0 Å². The molecule has 2 aliphatic heterocycles. The van der Waals surface area contributed by atoms with Crippen molar-refractivity contribution >= 4 is 11.9 Å². The lowest BCUT2D eigenvalue weighted by Gasteiger charge is -2.24. The first-order valence-corrected chi connectivity index (χ1v) is 13.6. The Kier molecular flexibility index (Phi) is 6.91. The Bertz CT molecular complexity index is 1410. The van der Waals surface area contributed by atoms with Crippen LogP contribution >= 0.6 is 0 Å². The zero-order chi connectivity index (χ0) is 27.9. The molecular formula is C33H37NO5. The number of amides is 1. The molecule has 3 aromatic carbocycles. The standard InChI is InChI=1S/C33H37NO5/c1-21(2)24-9-6-22(7-10-24)16-33(5)18-27-15-25(11-13-29(27)39-33)31(37)34(20-30(35)36)19-23-8-12-28-26(14-23)17-32(3,4)38-28/h6-15,21H,16-20H2,1-5H3,(H,35,36)/t33-/m0/s1. The molecule has 6 nitrogen and oxygen atoms in total. The average Bonchev–Trinajstić information content (AvgIpc) is 3.35. The minimum absolute atomic E-state index is 0.205. The van der Waals surface area contributed by atoms with Crippen LogP contribution in [-0.4, -0.2) is 39.6 Å². The normalized spacial score (nSPS) is 18.7. The fourth-order valence-corrected chi connectivity index (χ4v) is 5.73. The number of carbonyl (C=O) groups excluding carboxylic acids is 1. The van der Waals surface area contributed by atoms with Gasteiger partial charge in [-0.2, -0.15) is 0 Å². The summed E-state index contributed by atoms with van der Waals surface area (Å²) in [5, 5.41) is 9.56. The first kappa shape index (κ1) is 26.8. The van der Waals surface area contributed by atoms with E-state index in [1.54, 1.807) is 6.07 Å². The van der Waals surface area contributed by atoms with E-state index in [0.29, 0.717) is 17.9 Å². The van der Waals surface area contributed by atoms with Crippen LogP contribution in [0.5, 0.6) is 11.5 Å². The first-order chi connectivity index (χ1) is 18.4. The monoisotopic (exact) mass is 527 g/mol. The molecule has 5 rings (SSSR count). The fourth-order valence-electron chi connectivity index (χ4n) is 5.73. The van der Waals surface area contributed by atoms with E-state index in [-0.39, 0.29) is 24.6 Å². The van der Waals surface area contributed by atoms with E-state index in [1.165, 1.54) is 16.0 Å². The van der Waals surface area contributed by atoms with Gasteiger partial charge in [-0.05, 0) is 78.8 Å². The smallest absolute Gasteiger partial charge is 0.323 e. The van der Waals surface area contributed by atoms with Crippen molar-refractivity contribution in [3.05, 3.63) is 94.0 Å². The quantitative estimate of drug-likeness (QED) is 0.378. The second kappa shape index (κ2) is 10.1. The Labute approximate surface area is 230 Å². The summed E-state index contributed by atoms with van der Waals surface area (Å²) in [4.78, 5) is 26.6. The molecule has 0 aromatic heterocycles. The zero-order valence-electron chi connectivity index (χ0n) is 23.4. The van der Waals surface area contributed by atoms with E-state index in [4.69, 9.17) is 9.47 Å². The molecule has 0 saturated heterocycles. The third kappa shape index (κ3) is 5.95. The highest BCUT2D eigenvalue weighted by molar-refractivity contribution is 5.96. The molecule has 0 fully saturated rings. The van der Waals surface area contributed by atoms with Crippen molar-refractivity contribution in [1.29, 1.82) is 0 Å². The summed E-state index contributed by atoms with van der Waals surface area (Å²) < 4.78 is 12.3. The highest BCUT2D eigenvalue weighted by atomic mass is 16.5.